The standard InChI is InChI=1S/C8H14O/c1-8(2)5-3-4-7(9)6-8/h6,9H,3-5H2,1-2H3/p-1. The van der Waals surface area contributed by atoms with Crippen LogP contribution in [0.5, 0.6) is 0 Å². The van der Waals surface area contributed by atoms with Gasteiger partial charge in [-0.3, -0.25) is 0 Å². The summed E-state index contributed by atoms with van der Waals surface area (Å²) in [5, 5.41) is 10.8. The SMILES string of the molecule is CC1(C)C=C([O-])CCC1. The molecule has 0 aromatic carbocycles. The first-order valence-electron chi connectivity index (χ1n) is 3.49. The molecule has 0 saturated heterocycles. The van der Waals surface area contributed by atoms with Gasteiger partial charge in [0.1, 0.15) is 0 Å². The van der Waals surface area contributed by atoms with E-state index in [-0.39, 0.29) is 5.41 Å². The lowest BCUT2D eigenvalue weighted by atomic mass is 9.82. The van der Waals surface area contributed by atoms with Crippen molar-refractivity contribution in [2.24, 2.45) is 5.41 Å². The van der Waals surface area contributed by atoms with Crippen LogP contribution in [0, 0.1) is 5.41 Å². The van der Waals surface area contributed by atoms with Crippen LogP contribution in [0.25, 0.3) is 0 Å². The van der Waals surface area contributed by atoms with Gasteiger partial charge in [0.2, 0.25) is 0 Å². The summed E-state index contributed by atoms with van der Waals surface area (Å²) in [7, 11) is 0. The molecule has 0 aliphatic heterocycles. The van der Waals surface area contributed by atoms with Crippen LogP contribution in [0.4, 0.5) is 0 Å². The number of hydrogen-bond acceptors (Lipinski definition) is 1. The number of rotatable bonds is 0. The van der Waals surface area contributed by atoms with Crippen LogP contribution in [0.2, 0.25) is 0 Å². The van der Waals surface area contributed by atoms with E-state index in [0.717, 1.165) is 12.8 Å². The average Bonchev–Trinajstić information content (AvgIpc) is 1.60. The van der Waals surface area contributed by atoms with E-state index in [1.54, 1.807) is 0 Å². The van der Waals surface area contributed by atoms with Crippen molar-refractivity contribution in [3.63, 3.8) is 0 Å². The maximum atomic E-state index is 10.8. The lowest BCUT2D eigenvalue weighted by Crippen LogP contribution is -2.18. The number of hydrogen-bond donors (Lipinski definition) is 0. The molecule has 0 unspecified atom stereocenters. The third kappa shape index (κ3) is 1.74. The van der Waals surface area contributed by atoms with Crippen molar-refractivity contribution >= 4 is 0 Å². The molecule has 0 spiro atoms. The molecule has 0 amide bonds. The van der Waals surface area contributed by atoms with Crippen LogP contribution >= 0.6 is 0 Å². The summed E-state index contributed by atoms with van der Waals surface area (Å²) in [6.07, 6.45) is 4.86. The van der Waals surface area contributed by atoms with Crippen LogP contribution < -0.4 is 5.11 Å². The van der Waals surface area contributed by atoms with E-state index >= 15 is 0 Å². The summed E-state index contributed by atoms with van der Waals surface area (Å²) in [4.78, 5) is 0. The van der Waals surface area contributed by atoms with E-state index in [4.69, 9.17) is 0 Å². The van der Waals surface area contributed by atoms with Crippen molar-refractivity contribution in [3.05, 3.63) is 11.8 Å². The maximum Gasteiger partial charge on any atom is -0.0181 e. The van der Waals surface area contributed by atoms with Gasteiger partial charge in [-0.2, -0.15) is 0 Å². The molecule has 0 heterocycles. The quantitative estimate of drug-likeness (QED) is 0.480. The van der Waals surface area contributed by atoms with Gasteiger partial charge in [0.05, 0.1) is 0 Å². The zero-order valence-corrected chi connectivity index (χ0v) is 6.11. The van der Waals surface area contributed by atoms with Crippen LogP contribution in [0.3, 0.4) is 0 Å². The topological polar surface area (TPSA) is 23.1 Å². The van der Waals surface area contributed by atoms with Crippen molar-refractivity contribution in [1.29, 1.82) is 0 Å². The third-order valence-corrected chi connectivity index (χ3v) is 1.80. The fraction of sp³-hybridized carbons (Fsp3) is 0.750. The Morgan fingerprint density at radius 3 is 2.56 bits per heavy atom. The highest BCUT2D eigenvalue weighted by Crippen LogP contribution is 2.30. The van der Waals surface area contributed by atoms with Gasteiger partial charge in [-0.15, -0.1) is 5.76 Å². The fourth-order valence-corrected chi connectivity index (χ4v) is 1.30. The molecule has 1 heteroatoms. The Labute approximate surface area is 56.4 Å². The van der Waals surface area contributed by atoms with Crippen molar-refractivity contribution in [2.45, 2.75) is 33.1 Å². The molecule has 1 aliphatic carbocycles. The Kier molecular flexibility index (Phi) is 1.52. The van der Waals surface area contributed by atoms with Crippen LogP contribution in [-0.4, -0.2) is 0 Å². The van der Waals surface area contributed by atoms with Crippen LogP contribution in [0.15, 0.2) is 11.8 Å². The van der Waals surface area contributed by atoms with Gasteiger partial charge in [-0.1, -0.05) is 19.9 Å². The lowest BCUT2D eigenvalue weighted by molar-refractivity contribution is -0.309. The smallest absolute Gasteiger partial charge is 0.0181 e. The second-order valence-corrected chi connectivity index (χ2v) is 3.45. The Balaban J connectivity index is 2.68. The first-order chi connectivity index (χ1) is 4.10. The van der Waals surface area contributed by atoms with E-state index in [2.05, 4.69) is 13.8 Å². The summed E-state index contributed by atoms with van der Waals surface area (Å²) in [6, 6.07) is 0. The molecule has 52 valence electrons. The zero-order chi connectivity index (χ0) is 6.91. The molecule has 0 saturated carbocycles. The first kappa shape index (κ1) is 6.66. The molecule has 0 atom stereocenters. The normalized spacial score (nSPS) is 25.3. The minimum atomic E-state index is 0.176. The highest BCUT2D eigenvalue weighted by atomic mass is 16.3. The molecule has 0 bridgehead atoms. The minimum absolute atomic E-state index is 0.176. The van der Waals surface area contributed by atoms with E-state index in [1.807, 2.05) is 6.08 Å². The predicted molar refractivity (Wildman–Crippen MR) is 35.7 cm³/mol. The predicted octanol–water partition coefficient (Wildman–Crippen LogP) is 1.44. The molecule has 0 aromatic rings. The lowest BCUT2D eigenvalue weighted by Gasteiger charge is -2.29. The highest BCUT2D eigenvalue weighted by Gasteiger charge is 2.16. The third-order valence-electron chi connectivity index (χ3n) is 1.80. The maximum absolute atomic E-state index is 10.8. The summed E-state index contributed by atoms with van der Waals surface area (Å²) in [6.45, 7) is 4.23. The molecule has 1 nitrogen and oxygen atoms in total. The molecule has 0 aromatic heterocycles. The molecular formula is C8H13O-. The zero-order valence-electron chi connectivity index (χ0n) is 6.11. The van der Waals surface area contributed by atoms with Crippen LogP contribution in [0.1, 0.15) is 33.1 Å². The highest BCUT2D eigenvalue weighted by molar-refractivity contribution is 5.03. The van der Waals surface area contributed by atoms with E-state index in [9.17, 15) is 5.11 Å². The Hall–Kier alpha value is -0.460. The Bertz CT molecular complexity index is 134. The van der Waals surface area contributed by atoms with Gasteiger partial charge in [0.25, 0.3) is 0 Å². The average molecular weight is 125 g/mol. The van der Waals surface area contributed by atoms with Crippen molar-refractivity contribution in [3.8, 4) is 0 Å². The first-order valence-corrected chi connectivity index (χ1v) is 3.49. The van der Waals surface area contributed by atoms with Gasteiger partial charge < -0.3 is 5.11 Å². The Morgan fingerprint density at radius 2 is 2.22 bits per heavy atom. The minimum Gasteiger partial charge on any atom is -0.876 e. The van der Waals surface area contributed by atoms with Crippen molar-refractivity contribution < 1.29 is 5.11 Å². The summed E-state index contributed by atoms with van der Waals surface area (Å²) < 4.78 is 0. The van der Waals surface area contributed by atoms with Gasteiger partial charge in [0, 0.05) is 0 Å². The Morgan fingerprint density at radius 1 is 1.56 bits per heavy atom. The molecule has 9 heavy (non-hydrogen) atoms. The molecule has 0 radical (unpaired) electrons. The van der Waals surface area contributed by atoms with Crippen LogP contribution in [-0.2, 0) is 0 Å². The van der Waals surface area contributed by atoms with Gasteiger partial charge in [0.15, 0.2) is 0 Å². The van der Waals surface area contributed by atoms with Gasteiger partial charge in [-0.25, -0.2) is 0 Å². The second kappa shape index (κ2) is 2.05. The van der Waals surface area contributed by atoms with Gasteiger partial charge >= 0.3 is 0 Å². The van der Waals surface area contributed by atoms with Gasteiger partial charge in [-0.05, 0) is 24.7 Å². The molecule has 1 rings (SSSR count). The monoisotopic (exact) mass is 125 g/mol. The molecule has 0 fully saturated rings. The van der Waals surface area contributed by atoms with Crippen molar-refractivity contribution in [1.82, 2.24) is 0 Å². The molecular weight excluding hydrogens is 112 g/mol. The van der Waals surface area contributed by atoms with E-state index in [1.165, 1.54) is 6.42 Å². The summed E-state index contributed by atoms with van der Waals surface area (Å²) in [5.41, 5.74) is 0.176. The molecule has 0 N–H and O–H groups in total. The number of allylic oxidation sites excluding steroid dienone is 2. The van der Waals surface area contributed by atoms with E-state index < -0.39 is 0 Å². The summed E-state index contributed by atoms with van der Waals surface area (Å²) >= 11 is 0. The molecule has 1 aliphatic rings. The fourth-order valence-electron chi connectivity index (χ4n) is 1.30. The summed E-state index contributed by atoms with van der Waals surface area (Å²) in [5.74, 6) is 0.325. The largest absolute Gasteiger partial charge is 0.876 e. The van der Waals surface area contributed by atoms with E-state index in [0.29, 0.717) is 5.76 Å². The second-order valence-electron chi connectivity index (χ2n) is 3.45. The van der Waals surface area contributed by atoms with Crippen molar-refractivity contribution in [2.75, 3.05) is 0 Å².